The Bertz CT molecular complexity index is 977. The molecule has 47 heavy (non-hydrogen) atoms. The summed E-state index contributed by atoms with van der Waals surface area (Å²) in [5.74, 6) is -7.16. The largest absolute Gasteiger partial charge is 0.481 e. The van der Waals surface area contributed by atoms with Gasteiger partial charge in [0.1, 0.15) is 19.3 Å². The van der Waals surface area contributed by atoms with Gasteiger partial charge in [-0.2, -0.15) is 0 Å². The zero-order chi connectivity index (χ0) is 35.5. The molecule has 3 atom stereocenters. The minimum Gasteiger partial charge on any atom is -0.481 e. The Morgan fingerprint density at radius 2 is 1.23 bits per heavy atom. The van der Waals surface area contributed by atoms with E-state index in [0.717, 1.165) is 0 Å². The van der Waals surface area contributed by atoms with Crippen LogP contribution in [0.5, 0.6) is 0 Å². The lowest BCUT2D eigenvalue weighted by atomic mass is 9.97. The highest BCUT2D eigenvalue weighted by atomic mass is 16.5. The first-order valence-electron chi connectivity index (χ1n) is 15.7. The van der Waals surface area contributed by atoms with Gasteiger partial charge in [-0.05, 0) is 32.6 Å². The van der Waals surface area contributed by atoms with Crippen molar-refractivity contribution < 1.29 is 67.8 Å². The van der Waals surface area contributed by atoms with Crippen molar-refractivity contribution in [2.24, 2.45) is 11.8 Å². The van der Waals surface area contributed by atoms with E-state index in [2.05, 4.69) is 16.0 Å². The summed E-state index contributed by atoms with van der Waals surface area (Å²) in [6, 6.07) is -1.37. The third-order valence-electron chi connectivity index (χ3n) is 6.66. The Morgan fingerprint density at radius 1 is 0.617 bits per heavy atom. The molecule has 0 aromatic rings. The van der Waals surface area contributed by atoms with Crippen molar-refractivity contribution in [2.45, 2.75) is 71.3 Å². The van der Waals surface area contributed by atoms with Gasteiger partial charge in [-0.15, -0.1) is 0 Å². The van der Waals surface area contributed by atoms with Crippen LogP contribution in [0.3, 0.4) is 0 Å². The fourth-order valence-electron chi connectivity index (χ4n) is 3.91. The Morgan fingerprint density at radius 3 is 1.87 bits per heavy atom. The summed E-state index contributed by atoms with van der Waals surface area (Å²) >= 11 is 0. The highest BCUT2D eigenvalue weighted by Gasteiger charge is 2.25. The first-order valence-corrected chi connectivity index (χ1v) is 15.7. The van der Waals surface area contributed by atoms with Crippen LogP contribution in [0.15, 0.2) is 0 Å². The molecule has 0 aromatic heterocycles. The van der Waals surface area contributed by atoms with Crippen LogP contribution in [-0.4, -0.2) is 129 Å². The van der Waals surface area contributed by atoms with Crippen molar-refractivity contribution in [3.8, 4) is 0 Å². The number of hydrogen-bond donors (Lipinski definition) is 6. The van der Waals surface area contributed by atoms with Crippen LogP contribution in [-0.2, 0) is 52.5 Å². The third-order valence-corrected chi connectivity index (χ3v) is 6.66. The number of nitrogens with one attached hydrogen (secondary N) is 3. The number of carbonyl (C=O) groups is 7. The van der Waals surface area contributed by atoms with E-state index in [1.54, 1.807) is 6.92 Å². The second kappa shape index (κ2) is 27.4. The van der Waals surface area contributed by atoms with E-state index in [0.29, 0.717) is 45.6 Å². The summed E-state index contributed by atoms with van der Waals surface area (Å²) in [6.07, 6.45) is 0.309. The van der Waals surface area contributed by atoms with E-state index in [1.165, 1.54) is 0 Å². The van der Waals surface area contributed by atoms with Crippen LogP contribution in [0.2, 0.25) is 0 Å². The molecule has 0 radical (unpaired) electrons. The summed E-state index contributed by atoms with van der Waals surface area (Å²) in [5.41, 5.74) is 0. The number of hydrogen-bond acceptors (Lipinski definition) is 11. The van der Waals surface area contributed by atoms with Crippen molar-refractivity contribution in [1.29, 1.82) is 0 Å². The van der Waals surface area contributed by atoms with Gasteiger partial charge < -0.3 is 50.2 Å². The molecule has 17 nitrogen and oxygen atoms in total. The SMILES string of the molecule is CCOCCOCC(=O)NCCOCCOCC(=O)C[C@@H](CCC(=O)N[C@@H](CCC(=O)NCCCC[C@H](C)C(=O)O)C(=O)O)C(=O)O. The molecule has 17 heteroatoms. The quantitative estimate of drug-likeness (QED) is 0.0528. The fraction of sp³-hybridized carbons (Fsp3) is 0.767. The molecule has 0 aliphatic carbocycles. The summed E-state index contributed by atoms with van der Waals surface area (Å²) in [4.78, 5) is 82.2. The maximum absolute atomic E-state index is 12.3. The van der Waals surface area contributed by atoms with Crippen molar-refractivity contribution in [3.63, 3.8) is 0 Å². The number of carboxylic acids is 3. The maximum Gasteiger partial charge on any atom is 0.326 e. The van der Waals surface area contributed by atoms with E-state index >= 15 is 0 Å². The van der Waals surface area contributed by atoms with Crippen LogP contribution < -0.4 is 16.0 Å². The van der Waals surface area contributed by atoms with Gasteiger partial charge >= 0.3 is 17.9 Å². The van der Waals surface area contributed by atoms with E-state index in [4.69, 9.17) is 24.1 Å². The number of unbranched alkanes of at least 4 members (excludes halogenated alkanes) is 1. The molecule has 0 unspecified atom stereocenters. The Kier molecular flexibility index (Phi) is 25.3. The number of ketones is 1. The molecular formula is C30H51N3O14. The summed E-state index contributed by atoms with van der Waals surface area (Å²) < 4.78 is 20.7. The van der Waals surface area contributed by atoms with E-state index in [9.17, 15) is 43.8 Å². The lowest BCUT2D eigenvalue weighted by Crippen LogP contribution is -2.42. The maximum atomic E-state index is 12.3. The second-order valence-electron chi connectivity index (χ2n) is 10.7. The average molecular weight is 678 g/mol. The summed E-state index contributed by atoms with van der Waals surface area (Å²) in [5, 5.41) is 35.3. The predicted molar refractivity (Wildman–Crippen MR) is 164 cm³/mol. The highest BCUT2D eigenvalue weighted by Crippen LogP contribution is 2.13. The lowest BCUT2D eigenvalue weighted by Gasteiger charge is -2.16. The van der Waals surface area contributed by atoms with Gasteiger partial charge in [0.2, 0.25) is 17.7 Å². The molecule has 0 aliphatic heterocycles. The summed E-state index contributed by atoms with van der Waals surface area (Å²) in [7, 11) is 0. The van der Waals surface area contributed by atoms with Gasteiger partial charge in [0.25, 0.3) is 0 Å². The predicted octanol–water partition coefficient (Wildman–Crippen LogP) is -0.0141. The fourth-order valence-corrected chi connectivity index (χ4v) is 3.91. The van der Waals surface area contributed by atoms with Crippen LogP contribution in [0.4, 0.5) is 0 Å². The van der Waals surface area contributed by atoms with Gasteiger partial charge in [0.15, 0.2) is 5.78 Å². The molecule has 0 aliphatic rings. The molecule has 0 rings (SSSR count). The molecule has 0 bridgehead atoms. The number of carboxylic acid groups (broad SMARTS) is 3. The number of rotatable bonds is 31. The van der Waals surface area contributed by atoms with Crippen molar-refractivity contribution in [3.05, 3.63) is 0 Å². The molecule has 0 saturated heterocycles. The minimum atomic E-state index is -1.37. The average Bonchev–Trinajstić information content (AvgIpc) is 3.01. The molecular weight excluding hydrogens is 626 g/mol. The zero-order valence-electron chi connectivity index (χ0n) is 27.3. The Labute approximate surface area is 274 Å². The van der Waals surface area contributed by atoms with E-state index in [-0.39, 0.29) is 77.6 Å². The molecule has 3 amide bonds. The van der Waals surface area contributed by atoms with E-state index in [1.807, 2.05) is 6.92 Å². The lowest BCUT2D eigenvalue weighted by molar-refractivity contribution is -0.145. The second-order valence-corrected chi connectivity index (χ2v) is 10.7. The van der Waals surface area contributed by atoms with Crippen molar-refractivity contribution in [1.82, 2.24) is 16.0 Å². The molecule has 0 fully saturated rings. The number of ether oxygens (including phenoxy) is 4. The Balaban J connectivity index is 4.20. The van der Waals surface area contributed by atoms with Gasteiger partial charge in [0, 0.05) is 39.0 Å². The highest BCUT2D eigenvalue weighted by molar-refractivity contribution is 5.86. The molecule has 0 saturated carbocycles. The monoisotopic (exact) mass is 677 g/mol. The van der Waals surface area contributed by atoms with Crippen LogP contribution in [0.25, 0.3) is 0 Å². The molecule has 270 valence electrons. The first-order chi connectivity index (χ1) is 22.4. The smallest absolute Gasteiger partial charge is 0.326 e. The molecule has 0 spiro atoms. The molecule has 6 N–H and O–H groups in total. The third kappa shape index (κ3) is 25.1. The number of Topliss-reactive ketones (excluding diaryl/α,β-unsaturated/α-hetero) is 1. The first kappa shape index (κ1) is 43.3. The number of amides is 3. The van der Waals surface area contributed by atoms with Crippen LogP contribution in [0, 0.1) is 11.8 Å². The topological polar surface area (TPSA) is 253 Å². The van der Waals surface area contributed by atoms with Gasteiger partial charge in [-0.25, -0.2) is 4.79 Å². The molecule has 0 aromatic carbocycles. The number of carbonyl (C=O) groups excluding carboxylic acids is 4. The van der Waals surface area contributed by atoms with E-state index < -0.39 is 53.4 Å². The van der Waals surface area contributed by atoms with Gasteiger partial charge in [-0.1, -0.05) is 13.3 Å². The van der Waals surface area contributed by atoms with Gasteiger partial charge in [0.05, 0.1) is 44.9 Å². The normalized spacial score (nSPS) is 12.8. The Hall–Kier alpha value is -3.67. The zero-order valence-corrected chi connectivity index (χ0v) is 27.3. The van der Waals surface area contributed by atoms with Crippen LogP contribution in [0.1, 0.15) is 65.2 Å². The van der Waals surface area contributed by atoms with Crippen LogP contribution >= 0.6 is 0 Å². The standard InChI is InChI=1S/C30H51N3O14/c1-3-44-14-16-47-20-27(37)32-12-13-45-15-17-46-19-23(34)18-22(29(40)41)7-9-26(36)33-24(30(42)43)8-10-25(35)31-11-5-4-6-21(2)28(38)39/h21-22,24H,3-20H2,1-2H3,(H,31,35)(H,32,37)(H,33,36)(H,38,39)(H,40,41)(H,42,43)/t21-,22+,24-/m0/s1. The van der Waals surface area contributed by atoms with Gasteiger partial charge in [-0.3, -0.25) is 28.8 Å². The molecule has 0 heterocycles. The number of aliphatic carboxylic acids is 3. The van der Waals surface area contributed by atoms with Crippen molar-refractivity contribution >= 4 is 41.4 Å². The minimum absolute atomic E-state index is 0.0566. The van der Waals surface area contributed by atoms with Crippen molar-refractivity contribution in [2.75, 3.05) is 65.9 Å². The summed E-state index contributed by atoms with van der Waals surface area (Å²) in [6.45, 7) is 5.24.